The number of H-pyrrole nitrogens is 1. The third-order valence-corrected chi connectivity index (χ3v) is 3.05. The normalized spacial score (nSPS) is 10.4. The molecule has 0 aliphatic rings. The van der Waals surface area contributed by atoms with Crippen LogP contribution in [0, 0.1) is 0 Å². The summed E-state index contributed by atoms with van der Waals surface area (Å²) in [7, 11) is 1.64. The van der Waals surface area contributed by atoms with Gasteiger partial charge in [-0.05, 0) is 45.8 Å². The average molecular weight is 267 g/mol. The number of methoxy groups -OCH3 is 1. The van der Waals surface area contributed by atoms with Crippen molar-refractivity contribution in [2.24, 2.45) is 0 Å². The summed E-state index contributed by atoms with van der Waals surface area (Å²) in [5, 5.41) is 13.9. The second-order valence-corrected chi connectivity index (χ2v) is 4.28. The SMILES string of the molecule is COc1ccc(-c2ccc(N)cc2-c2nnn[nH]2)cc1. The number of ether oxygens (including phenoxy) is 1. The number of aromatic nitrogens is 4. The smallest absolute Gasteiger partial charge is 0.180 e. The Balaban J connectivity index is 2.13. The number of nitrogens with one attached hydrogen (secondary N) is 1. The van der Waals surface area contributed by atoms with Crippen molar-refractivity contribution in [2.75, 3.05) is 12.8 Å². The Labute approximate surface area is 115 Å². The molecule has 1 heterocycles. The van der Waals surface area contributed by atoms with Gasteiger partial charge in [0.15, 0.2) is 5.82 Å². The minimum atomic E-state index is 0.586. The highest BCUT2D eigenvalue weighted by molar-refractivity contribution is 5.82. The molecule has 0 saturated carbocycles. The number of benzene rings is 2. The molecule has 3 N–H and O–H groups in total. The maximum absolute atomic E-state index is 5.85. The van der Waals surface area contributed by atoms with Gasteiger partial charge < -0.3 is 10.5 Å². The summed E-state index contributed by atoms with van der Waals surface area (Å²) < 4.78 is 5.17. The molecule has 6 nitrogen and oxygen atoms in total. The lowest BCUT2D eigenvalue weighted by Gasteiger charge is -2.09. The van der Waals surface area contributed by atoms with Crippen LogP contribution in [0.3, 0.4) is 0 Å². The third-order valence-electron chi connectivity index (χ3n) is 3.05. The second kappa shape index (κ2) is 5.00. The van der Waals surface area contributed by atoms with Crippen molar-refractivity contribution >= 4 is 5.69 Å². The highest BCUT2D eigenvalue weighted by atomic mass is 16.5. The maximum Gasteiger partial charge on any atom is 0.180 e. The van der Waals surface area contributed by atoms with Gasteiger partial charge >= 0.3 is 0 Å². The van der Waals surface area contributed by atoms with E-state index < -0.39 is 0 Å². The van der Waals surface area contributed by atoms with Crippen LogP contribution in [0.5, 0.6) is 5.75 Å². The summed E-state index contributed by atoms with van der Waals surface area (Å²) in [4.78, 5) is 0. The average Bonchev–Trinajstić information content (AvgIpc) is 3.01. The molecule has 0 atom stereocenters. The second-order valence-electron chi connectivity index (χ2n) is 4.28. The standard InChI is InChI=1S/C14H13N5O/c1-20-11-5-2-9(3-6-11)12-7-4-10(15)8-13(12)14-16-18-19-17-14/h2-8H,15H2,1H3,(H,16,17,18,19). The molecule has 6 heteroatoms. The molecule has 100 valence electrons. The maximum atomic E-state index is 5.85. The Morgan fingerprint density at radius 1 is 1.05 bits per heavy atom. The first-order chi connectivity index (χ1) is 9.78. The molecule has 0 radical (unpaired) electrons. The van der Waals surface area contributed by atoms with Gasteiger partial charge in [-0.1, -0.05) is 18.2 Å². The van der Waals surface area contributed by atoms with Crippen LogP contribution in [0.2, 0.25) is 0 Å². The first-order valence-electron chi connectivity index (χ1n) is 6.06. The molecule has 0 aliphatic carbocycles. The zero-order chi connectivity index (χ0) is 13.9. The van der Waals surface area contributed by atoms with Crippen molar-refractivity contribution in [3.05, 3.63) is 42.5 Å². The van der Waals surface area contributed by atoms with Crippen molar-refractivity contribution < 1.29 is 4.74 Å². The summed E-state index contributed by atoms with van der Waals surface area (Å²) in [5.41, 5.74) is 9.42. The van der Waals surface area contributed by atoms with Crippen molar-refractivity contribution in [3.8, 4) is 28.3 Å². The largest absolute Gasteiger partial charge is 0.497 e. The number of tetrazole rings is 1. The van der Waals surface area contributed by atoms with Crippen molar-refractivity contribution in [1.29, 1.82) is 0 Å². The van der Waals surface area contributed by atoms with Crippen LogP contribution in [-0.2, 0) is 0 Å². The summed E-state index contributed by atoms with van der Waals surface area (Å²) in [5.74, 6) is 1.40. The topological polar surface area (TPSA) is 89.7 Å². The Morgan fingerprint density at radius 2 is 1.85 bits per heavy atom. The molecule has 3 rings (SSSR count). The molecule has 3 aromatic rings. The van der Waals surface area contributed by atoms with Gasteiger partial charge in [-0.15, -0.1) is 5.10 Å². The quantitative estimate of drug-likeness (QED) is 0.709. The van der Waals surface area contributed by atoms with Gasteiger partial charge in [-0.3, -0.25) is 0 Å². The molecule has 0 unspecified atom stereocenters. The summed E-state index contributed by atoms with van der Waals surface area (Å²) in [6, 6.07) is 13.4. The predicted molar refractivity (Wildman–Crippen MR) is 76.0 cm³/mol. The molecule has 2 aromatic carbocycles. The third kappa shape index (κ3) is 2.18. The van der Waals surface area contributed by atoms with Gasteiger partial charge in [-0.25, -0.2) is 5.10 Å². The minimum Gasteiger partial charge on any atom is -0.497 e. The molecular formula is C14H13N5O. The Bertz CT molecular complexity index is 707. The molecular weight excluding hydrogens is 254 g/mol. The summed E-state index contributed by atoms with van der Waals surface area (Å²) in [6.45, 7) is 0. The lowest BCUT2D eigenvalue weighted by molar-refractivity contribution is 0.415. The number of hydrogen-bond acceptors (Lipinski definition) is 5. The van der Waals surface area contributed by atoms with Crippen LogP contribution < -0.4 is 10.5 Å². The predicted octanol–water partition coefficient (Wildman–Crippen LogP) is 2.12. The van der Waals surface area contributed by atoms with Gasteiger partial charge in [0.2, 0.25) is 0 Å². The van der Waals surface area contributed by atoms with Crippen LogP contribution >= 0.6 is 0 Å². The molecule has 0 spiro atoms. The van der Waals surface area contributed by atoms with Crippen molar-refractivity contribution in [3.63, 3.8) is 0 Å². The molecule has 0 saturated heterocycles. The monoisotopic (exact) mass is 267 g/mol. The summed E-state index contributed by atoms with van der Waals surface area (Å²) >= 11 is 0. The van der Waals surface area contributed by atoms with E-state index in [1.807, 2.05) is 42.5 Å². The van der Waals surface area contributed by atoms with E-state index in [0.29, 0.717) is 11.5 Å². The first kappa shape index (κ1) is 12.2. The van der Waals surface area contributed by atoms with Gasteiger partial charge in [-0.2, -0.15) is 0 Å². The molecule has 0 aliphatic heterocycles. The highest BCUT2D eigenvalue weighted by Gasteiger charge is 2.11. The lowest BCUT2D eigenvalue weighted by Crippen LogP contribution is -1.92. The van der Waals surface area contributed by atoms with E-state index in [1.165, 1.54) is 0 Å². The van der Waals surface area contributed by atoms with Crippen molar-refractivity contribution in [1.82, 2.24) is 20.6 Å². The number of hydrogen-bond donors (Lipinski definition) is 2. The lowest BCUT2D eigenvalue weighted by atomic mass is 9.98. The fraction of sp³-hybridized carbons (Fsp3) is 0.0714. The number of nitrogen functional groups attached to an aromatic ring is 1. The van der Waals surface area contributed by atoms with E-state index in [1.54, 1.807) is 7.11 Å². The number of nitrogens with zero attached hydrogens (tertiary/aromatic N) is 3. The number of nitrogens with two attached hydrogens (primary N) is 1. The Hall–Kier alpha value is -2.89. The van der Waals surface area contributed by atoms with Crippen LogP contribution in [-0.4, -0.2) is 27.7 Å². The zero-order valence-corrected chi connectivity index (χ0v) is 10.9. The van der Waals surface area contributed by atoms with E-state index in [4.69, 9.17) is 10.5 Å². The molecule has 0 fully saturated rings. The van der Waals surface area contributed by atoms with Gasteiger partial charge in [0, 0.05) is 11.3 Å². The molecule has 0 bridgehead atoms. The minimum absolute atomic E-state index is 0.586. The molecule has 0 amide bonds. The van der Waals surface area contributed by atoms with E-state index in [9.17, 15) is 0 Å². The number of anilines is 1. The first-order valence-corrected chi connectivity index (χ1v) is 6.06. The highest BCUT2D eigenvalue weighted by Crippen LogP contribution is 2.32. The van der Waals surface area contributed by atoms with Crippen LogP contribution in [0.15, 0.2) is 42.5 Å². The van der Waals surface area contributed by atoms with Crippen LogP contribution in [0.1, 0.15) is 0 Å². The van der Waals surface area contributed by atoms with E-state index >= 15 is 0 Å². The van der Waals surface area contributed by atoms with Crippen LogP contribution in [0.25, 0.3) is 22.5 Å². The van der Waals surface area contributed by atoms with E-state index in [0.717, 1.165) is 22.4 Å². The fourth-order valence-corrected chi connectivity index (χ4v) is 2.05. The van der Waals surface area contributed by atoms with Gasteiger partial charge in [0.1, 0.15) is 5.75 Å². The Kier molecular flexibility index (Phi) is 3.04. The Morgan fingerprint density at radius 3 is 2.50 bits per heavy atom. The van der Waals surface area contributed by atoms with Gasteiger partial charge in [0.05, 0.1) is 7.11 Å². The summed E-state index contributed by atoms with van der Waals surface area (Å²) in [6.07, 6.45) is 0. The van der Waals surface area contributed by atoms with Crippen molar-refractivity contribution in [2.45, 2.75) is 0 Å². The van der Waals surface area contributed by atoms with Crippen LogP contribution in [0.4, 0.5) is 5.69 Å². The van der Waals surface area contributed by atoms with E-state index in [-0.39, 0.29) is 0 Å². The number of aromatic amines is 1. The molecule has 1 aromatic heterocycles. The molecule has 20 heavy (non-hydrogen) atoms. The van der Waals surface area contributed by atoms with E-state index in [2.05, 4.69) is 20.6 Å². The number of rotatable bonds is 3. The fourth-order valence-electron chi connectivity index (χ4n) is 2.05. The van der Waals surface area contributed by atoms with Gasteiger partial charge in [0.25, 0.3) is 0 Å². The zero-order valence-electron chi connectivity index (χ0n) is 10.9.